The van der Waals surface area contributed by atoms with Crippen LogP contribution in [0.5, 0.6) is 0 Å². The molecule has 1 N–H and O–H groups in total. The van der Waals surface area contributed by atoms with Crippen LogP contribution in [0.4, 0.5) is 4.39 Å². The minimum atomic E-state index is -0.282. The third-order valence-electron chi connectivity index (χ3n) is 6.39. The molecule has 31 heavy (non-hydrogen) atoms. The largest absolute Gasteiger partial charge is 0.339 e. The van der Waals surface area contributed by atoms with Gasteiger partial charge in [-0.2, -0.15) is 0 Å². The molecule has 2 aromatic carbocycles. The number of hydrogen-bond donors (Lipinski definition) is 1. The predicted molar refractivity (Wildman–Crippen MR) is 127 cm³/mol. The summed E-state index contributed by atoms with van der Waals surface area (Å²) < 4.78 is 13.4. The average Bonchev–Trinajstić information content (AvgIpc) is 3.11. The molecule has 2 aliphatic rings. The van der Waals surface area contributed by atoms with Gasteiger partial charge in [0.05, 0.1) is 16.8 Å². The van der Waals surface area contributed by atoms with Crippen LogP contribution in [0.3, 0.4) is 0 Å². The minimum Gasteiger partial charge on any atom is -0.339 e. The van der Waals surface area contributed by atoms with Crippen LogP contribution in [0.2, 0.25) is 0 Å². The highest BCUT2D eigenvalue weighted by Crippen LogP contribution is 2.30. The summed E-state index contributed by atoms with van der Waals surface area (Å²) in [4.78, 5) is 20.3. The van der Waals surface area contributed by atoms with Gasteiger partial charge in [-0.1, -0.05) is 18.2 Å². The number of halogens is 3. The molecule has 0 saturated carbocycles. The van der Waals surface area contributed by atoms with Crippen molar-refractivity contribution in [3.63, 3.8) is 0 Å². The van der Waals surface area contributed by atoms with E-state index < -0.39 is 0 Å². The SMILES string of the molecule is Cl.Cl.O=C(c1cc(-c2ccc(F)cc2)nc2ccccc12)N1CC[C@@H]2CNC[C@@H]2CC1. The number of rotatable bonds is 2. The van der Waals surface area contributed by atoms with Crippen LogP contribution >= 0.6 is 24.8 Å². The Balaban J connectivity index is 0.00000136. The first-order valence-electron chi connectivity index (χ1n) is 10.3. The maximum Gasteiger partial charge on any atom is 0.254 e. The fraction of sp³-hybridized carbons (Fsp3) is 0.333. The molecule has 2 fully saturated rings. The van der Waals surface area contributed by atoms with E-state index in [4.69, 9.17) is 4.98 Å². The molecule has 1 amide bonds. The normalized spacial score (nSPS) is 20.4. The molecule has 5 rings (SSSR count). The lowest BCUT2D eigenvalue weighted by molar-refractivity contribution is 0.0760. The van der Waals surface area contributed by atoms with E-state index in [0.717, 1.165) is 55.5 Å². The number of para-hydroxylation sites is 1. The summed E-state index contributed by atoms with van der Waals surface area (Å²) in [6.07, 6.45) is 2.11. The number of nitrogens with zero attached hydrogens (tertiary/aromatic N) is 2. The molecule has 7 heteroatoms. The monoisotopic (exact) mass is 461 g/mol. The van der Waals surface area contributed by atoms with Gasteiger partial charge >= 0.3 is 0 Å². The molecule has 0 bridgehead atoms. The maximum atomic E-state index is 13.5. The Kier molecular flexibility index (Phi) is 7.52. The van der Waals surface area contributed by atoms with Gasteiger partial charge < -0.3 is 10.2 Å². The van der Waals surface area contributed by atoms with Crippen molar-refractivity contribution < 1.29 is 9.18 Å². The van der Waals surface area contributed by atoms with E-state index in [-0.39, 0.29) is 36.5 Å². The van der Waals surface area contributed by atoms with Gasteiger partial charge in [-0.05, 0) is 74.2 Å². The summed E-state index contributed by atoms with van der Waals surface area (Å²) in [5.74, 6) is 1.14. The van der Waals surface area contributed by atoms with E-state index in [1.165, 1.54) is 12.1 Å². The molecule has 2 saturated heterocycles. The molecule has 0 spiro atoms. The third kappa shape index (κ3) is 4.69. The van der Waals surface area contributed by atoms with Crippen LogP contribution in [0.1, 0.15) is 23.2 Å². The molecule has 0 unspecified atom stereocenters. The van der Waals surface area contributed by atoms with Crippen molar-refractivity contribution in [2.24, 2.45) is 11.8 Å². The maximum absolute atomic E-state index is 13.5. The second-order valence-electron chi connectivity index (χ2n) is 8.13. The van der Waals surface area contributed by atoms with Gasteiger partial charge in [0.1, 0.15) is 5.82 Å². The first kappa shape index (κ1) is 23.5. The van der Waals surface area contributed by atoms with E-state index in [0.29, 0.717) is 23.1 Å². The Labute approximate surface area is 194 Å². The summed E-state index contributed by atoms with van der Waals surface area (Å²) in [6, 6.07) is 15.9. The number of nitrogens with one attached hydrogen (secondary N) is 1. The predicted octanol–water partition coefficient (Wildman–Crippen LogP) is 4.96. The number of aromatic nitrogens is 1. The van der Waals surface area contributed by atoms with Crippen molar-refractivity contribution >= 4 is 41.6 Å². The highest BCUT2D eigenvalue weighted by atomic mass is 35.5. The van der Waals surface area contributed by atoms with Crippen molar-refractivity contribution in [1.82, 2.24) is 15.2 Å². The summed E-state index contributed by atoms with van der Waals surface area (Å²) >= 11 is 0. The molecule has 164 valence electrons. The number of carbonyl (C=O) groups is 1. The number of likely N-dealkylation sites (tertiary alicyclic amines) is 1. The standard InChI is InChI=1S/C24H24FN3O.2ClH/c25-19-7-5-16(6-8-19)23-13-21(20-3-1-2-4-22(20)27-23)24(29)28-11-9-17-14-26-15-18(17)10-12-28;;/h1-8,13,17-18,26H,9-12,14-15H2;2*1H/t17-,18+;;. The van der Waals surface area contributed by atoms with Crippen LogP contribution < -0.4 is 5.32 Å². The summed E-state index contributed by atoms with van der Waals surface area (Å²) in [5.41, 5.74) is 2.97. The van der Waals surface area contributed by atoms with E-state index in [2.05, 4.69) is 5.32 Å². The van der Waals surface area contributed by atoms with Crippen LogP contribution in [0, 0.1) is 17.7 Å². The van der Waals surface area contributed by atoms with E-state index >= 15 is 0 Å². The lowest BCUT2D eigenvalue weighted by Crippen LogP contribution is -2.33. The second kappa shape index (κ2) is 9.94. The second-order valence-corrected chi connectivity index (χ2v) is 8.13. The third-order valence-corrected chi connectivity index (χ3v) is 6.39. The number of hydrogen-bond acceptors (Lipinski definition) is 3. The average molecular weight is 462 g/mol. The number of carbonyl (C=O) groups excluding carboxylic acids is 1. The zero-order valence-electron chi connectivity index (χ0n) is 17.1. The van der Waals surface area contributed by atoms with E-state index in [1.54, 1.807) is 12.1 Å². The number of benzene rings is 2. The van der Waals surface area contributed by atoms with Crippen molar-refractivity contribution in [3.05, 3.63) is 66.0 Å². The van der Waals surface area contributed by atoms with Gasteiger partial charge in [-0.3, -0.25) is 4.79 Å². The summed E-state index contributed by atoms with van der Waals surface area (Å²) in [5, 5.41) is 4.35. The van der Waals surface area contributed by atoms with Gasteiger partial charge in [-0.25, -0.2) is 9.37 Å². The van der Waals surface area contributed by atoms with Crippen LogP contribution in [-0.4, -0.2) is 42.0 Å². The zero-order chi connectivity index (χ0) is 19.8. The Hall–Kier alpha value is -2.21. The van der Waals surface area contributed by atoms with Gasteiger partial charge in [0.15, 0.2) is 0 Å². The number of amides is 1. The molecular formula is C24H26Cl2FN3O. The van der Waals surface area contributed by atoms with Crippen molar-refractivity contribution in [1.29, 1.82) is 0 Å². The van der Waals surface area contributed by atoms with E-state index in [1.807, 2.05) is 35.2 Å². The lowest BCUT2D eigenvalue weighted by Gasteiger charge is -2.22. The van der Waals surface area contributed by atoms with Crippen LogP contribution in [-0.2, 0) is 0 Å². The van der Waals surface area contributed by atoms with Gasteiger partial charge in [0.2, 0.25) is 0 Å². The molecular weight excluding hydrogens is 436 g/mol. The smallest absolute Gasteiger partial charge is 0.254 e. The fourth-order valence-electron chi connectivity index (χ4n) is 4.71. The minimum absolute atomic E-state index is 0. The first-order valence-corrected chi connectivity index (χ1v) is 10.3. The summed E-state index contributed by atoms with van der Waals surface area (Å²) in [6.45, 7) is 3.73. The number of pyridine rings is 1. The Morgan fingerprint density at radius 1 is 0.968 bits per heavy atom. The topological polar surface area (TPSA) is 45.2 Å². The number of fused-ring (bicyclic) bond motifs is 2. The van der Waals surface area contributed by atoms with Crippen LogP contribution in [0.25, 0.3) is 22.2 Å². The molecule has 0 radical (unpaired) electrons. The molecule has 0 aliphatic carbocycles. The Morgan fingerprint density at radius 2 is 1.61 bits per heavy atom. The fourth-order valence-corrected chi connectivity index (χ4v) is 4.71. The molecule has 1 aromatic heterocycles. The molecule has 3 heterocycles. The van der Waals surface area contributed by atoms with Crippen molar-refractivity contribution in [3.8, 4) is 11.3 Å². The highest BCUT2D eigenvalue weighted by molar-refractivity contribution is 6.07. The zero-order valence-corrected chi connectivity index (χ0v) is 18.7. The van der Waals surface area contributed by atoms with Crippen molar-refractivity contribution in [2.75, 3.05) is 26.2 Å². The molecule has 2 aliphatic heterocycles. The molecule has 4 nitrogen and oxygen atoms in total. The van der Waals surface area contributed by atoms with Crippen LogP contribution in [0.15, 0.2) is 54.6 Å². The van der Waals surface area contributed by atoms with Gasteiger partial charge in [-0.15, -0.1) is 24.8 Å². The first-order chi connectivity index (χ1) is 14.2. The van der Waals surface area contributed by atoms with Gasteiger partial charge in [0.25, 0.3) is 5.91 Å². The quantitative estimate of drug-likeness (QED) is 0.586. The summed E-state index contributed by atoms with van der Waals surface area (Å²) in [7, 11) is 0. The van der Waals surface area contributed by atoms with Crippen molar-refractivity contribution in [2.45, 2.75) is 12.8 Å². The van der Waals surface area contributed by atoms with Gasteiger partial charge in [0, 0.05) is 24.0 Å². The Morgan fingerprint density at radius 3 is 2.29 bits per heavy atom. The molecule has 3 aromatic rings. The molecule has 2 atom stereocenters. The Bertz CT molecular complexity index is 1050. The lowest BCUT2D eigenvalue weighted by atomic mass is 9.92. The van der Waals surface area contributed by atoms with E-state index in [9.17, 15) is 9.18 Å². The highest BCUT2D eigenvalue weighted by Gasteiger charge is 2.32.